The van der Waals surface area contributed by atoms with Gasteiger partial charge in [-0.3, -0.25) is 15.0 Å². The van der Waals surface area contributed by atoms with Gasteiger partial charge in [-0.1, -0.05) is 86.5 Å². The fourth-order valence-electron chi connectivity index (χ4n) is 5.08. The van der Waals surface area contributed by atoms with Crippen molar-refractivity contribution in [3.8, 4) is 17.2 Å². The zero-order valence-corrected chi connectivity index (χ0v) is 27.9. The van der Waals surface area contributed by atoms with E-state index in [9.17, 15) is 9.59 Å². The van der Waals surface area contributed by atoms with Crippen LogP contribution in [0.5, 0.6) is 17.2 Å². The van der Waals surface area contributed by atoms with Gasteiger partial charge in [-0.2, -0.15) is 0 Å². The molecule has 0 radical (unpaired) electrons. The molecule has 0 saturated carbocycles. The van der Waals surface area contributed by atoms with Crippen molar-refractivity contribution in [3.63, 3.8) is 0 Å². The molecule has 0 saturated heterocycles. The van der Waals surface area contributed by atoms with E-state index in [0.29, 0.717) is 34.1 Å². The second-order valence-electron chi connectivity index (χ2n) is 10.4. The lowest BCUT2D eigenvalue weighted by Gasteiger charge is -2.38. The van der Waals surface area contributed by atoms with Gasteiger partial charge in [0.25, 0.3) is 11.8 Å². The van der Waals surface area contributed by atoms with Crippen LogP contribution in [0.25, 0.3) is 0 Å². The molecule has 0 fully saturated rings. The number of nitrogens with zero attached hydrogens (tertiary/aromatic N) is 1. The molecule has 10 heteroatoms. The Kier molecular flexibility index (Phi) is 9.56. The minimum absolute atomic E-state index is 0.279. The van der Waals surface area contributed by atoms with Crippen LogP contribution in [0.15, 0.2) is 124 Å². The van der Waals surface area contributed by atoms with Crippen LogP contribution < -0.4 is 25.0 Å². The maximum atomic E-state index is 14.1. The van der Waals surface area contributed by atoms with Crippen LogP contribution in [0.2, 0.25) is 0 Å². The number of hydrogen-bond donors (Lipinski definition) is 2. The molecule has 0 aromatic heterocycles. The van der Waals surface area contributed by atoms with Crippen LogP contribution in [0.3, 0.4) is 0 Å². The molecular formula is C36H29Br2N3O5. The van der Waals surface area contributed by atoms with Gasteiger partial charge in [-0.05, 0) is 71.8 Å². The van der Waals surface area contributed by atoms with Crippen molar-refractivity contribution >= 4 is 49.4 Å². The van der Waals surface area contributed by atoms with Crippen molar-refractivity contribution in [1.82, 2.24) is 10.4 Å². The Morgan fingerprint density at radius 2 is 1.50 bits per heavy atom. The van der Waals surface area contributed by atoms with Crippen LogP contribution in [-0.2, 0) is 13.2 Å². The first-order valence-corrected chi connectivity index (χ1v) is 16.0. The number of hydrogen-bond acceptors (Lipinski definition) is 6. The third-order valence-corrected chi connectivity index (χ3v) is 8.35. The van der Waals surface area contributed by atoms with Crippen LogP contribution in [0.1, 0.15) is 43.6 Å². The highest BCUT2D eigenvalue weighted by Gasteiger charge is 2.37. The van der Waals surface area contributed by atoms with Crippen molar-refractivity contribution < 1.29 is 23.8 Å². The minimum atomic E-state index is -0.852. The number of nitrogens with one attached hydrogen (secondary N) is 2. The molecule has 2 N–H and O–H groups in total. The Hall–Kier alpha value is -4.80. The Balaban J connectivity index is 1.34. The van der Waals surface area contributed by atoms with Crippen molar-refractivity contribution in [3.05, 3.63) is 152 Å². The highest BCUT2D eigenvalue weighted by atomic mass is 79.9. The summed E-state index contributed by atoms with van der Waals surface area (Å²) in [6.07, 6.45) is -0.852. The largest absolute Gasteiger partial charge is 0.497 e. The summed E-state index contributed by atoms with van der Waals surface area (Å²) >= 11 is 6.98. The second-order valence-corrected chi connectivity index (χ2v) is 12.3. The summed E-state index contributed by atoms with van der Waals surface area (Å²) in [6, 6.07) is 35.2. The Morgan fingerprint density at radius 3 is 2.30 bits per heavy atom. The van der Waals surface area contributed by atoms with Gasteiger partial charge in [0, 0.05) is 20.2 Å². The lowest BCUT2D eigenvalue weighted by atomic mass is 10.0. The highest BCUT2D eigenvalue weighted by Crippen LogP contribution is 2.39. The lowest BCUT2D eigenvalue weighted by Crippen LogP contribution is -2.53. The number of para-hydroxylation sites is 1. The quantitative estimate of drug-likeness (QED) is 0.150. The number of anilines is 1. The van der Waals surface area contributed by atoms with Crippen LogP contribution >= 0.6 is 31.9 Å². The number of halogens is 2. The minimum Gasteiger partial charge on any atom is -0.497 e. The molecule has 6 rings (SSSR count). The van der Waals surface area contributed by atoms with E-state index in [1.54, 1.807) is 55.6 Å². The SMILES string of the molecule is COc1ccc(OCc2cccc(Br)c2)c([C@H]2Nc3ccc(Br)cc3C(=O)N2NC(=O)c2ccccc2OCc2ccccc2)c1. The molecule has 5 aromatic rings. The first kappa shape index (κ1) is 31.2. The Bertz CT molecular complexity index is 1890. The van der Waals surface area contributed by atoms with E-state index in [-0.39, 0.29) is 18.8 Å². The zero-order valence-electron chi connectivity index (χ0n) is 24.7. The van der Waals surface area contributed by atoms with Crippen molar-refractivity contribution in [2.24, 2.45) is 0 Å². The third-order valence-electron chi connectivity index (χ3n) is 7.37. The van der Waals surface area contributed by atoms with Gasteiger partial charge in [0.05, 0.1) is 18.2 Å². The second kappa shape index (κ2) is 14.1. The number of rotatable bonds is 10. The molecule has 1 atom stereocenters. The predicted octanol–water partition coefficient (Wildman–Crippen LogP) is 8.29. The molecule has 46 heavy (non-hydrogen) atoms. The van der Waals surface area contributed by atoms with E-state index in [1.807, 2.05) is 66.7 Å². The number of hydrazine groups is 1. The maximum absolute atomic E-state index is 14.1. The van der Waals surface area contributed by atoms with E-state index in [4.69, 9.17) is 14.2 Å². The number of amides is 2. The summed E-state index contributed by atoms with van der Waals surface area (Å²) in [6.45, 7) is 0.559. The number of benzene rings is 5. The highest BCUT2D eigenvalue weighted by molar-refractivity contribution is 9.10. The monoisotopic (exact) mass is 741 g/mol. The summed E-state index contributed by atoms with van der Waals surface area (Å²) in [7, 11) is 1.57. The topological polar surface area (TPSA) is 89.1 Å². The van der Waals surface area contributed by atoms with E-state index in [0.717, 1.165) is 20.1 Å². The molecular weight excluding hydrogens is 714 g/mol. The fourth-order valence-corrected chi connectivity index (χ4v) is 5.89. The molecule has 5 aromatic carbocycles. The molecule has 0 unspecified atom stereocenters. The summed E-state index contributed by atoms with van der Waals surface area (Å²) in [4.78, 5) is 28.1. The smallest absolute Gasteiger partial charge is 0.276 e. The molecule has 1 aliphatic heterocycles. The molecule has 1 heterocycles. The van der Waals surface area contributed by atoms with Crippen LogP contribution in [-0.4, -0.2) is 23.9 Å². The number of fused-ring (bicyclic) bond motifs is 1. The van der Waals surface area contributed by atoms with Gasteiger partial charge in [-0.25, -0.2) is 5.01 Å². The molecule has 0 spiro atoms. The van der Waals surface area contributed by atoms with Crippen molar-refractivity contribution in [1.29, 1.82) is 0 Å². The average molecular weight is 743 g/mol. The predicted molar refractivity (Wildman–Crippen MR) is 183 cm³/mol. The summed E-state index contributed by atoms with van der Waals surface area (Å²) in [5.74, 6) is 0.545. The maximum Gasteiger partial charge on any atom is 0.276 e. The summed E-state index contributed by atoms with van der Waals surface area (Å²) < 4.78 is 19.6. The standard InChI is InChI=1S/C36H29Br2N3O5/c1-44-27-15-17-33(46-22-24-10-7-11-25(37)18-24)30(20-27)34-39-31-16-14-26(38)19-29(31)36(43)41(34)40-35(42)28-12-5-6-13-32(28)45-21-23-8-3-2-4-9-23/h2-20,34,39H,21-22H2,1H3,(H,40,42)/t34-/m0/s1. The van der Waals surface area contributed by atoms with Gasteiger partial charge in [0.15, 0.2) is 6.17 Å². The van der Waals surface area contributed by atoms with Crippen LogP contribution in [0, 0.1) is 0 Å². The van der Waals surface area contributed by atoms with Crippen molar-refractivity contribution in [2.75, 3.05) is 12.4 Å². The number of carbonyl (C=O) groups is 2. The number of ether oxygens (including phenoxy) is 3. The first-order valence-electron chi connectivity index (χ1n) is 14.4. The van der Waals surface area contributed by atoms with Crippen LogP contribution in [0.4, 0.5) is 5.69 Å². The van der Waals surface area contributed by atoms with Gasteiger partial charge in [0.1, 0.15) is 30.5 Å². The lowest BCUT2D eigenvalue weighted by molar-refractivity contribution is 0.0485. The first-order chi connectivity index (χ1) is 22.4. The molecule has 232 valence electrons. The Labute approximate surface area is 283 Å². The van der Waals surface area contributed by atoms with Gasteiger partial charge in [-0.15, -0.1) is 0 Å². The van der Waals surface area contributed by atoms with E-state index in [2.05, 4.69) is 42.6 Å². The molecule has 8 nitrogen and oxygen atoms in total. The molecule has 2 amide bonds. The molecule has 0 aliphatic carbocycles. The fraction of sp³-hybridized carbons (Fsp3) is 0.111. The molecule has 1 aliphatic rings. The van der Waals surface area contributed by atoms with E-state index >= 15 is 0 Å². The number of carbonyl (C=O) groups excluding carboxylic acids is 2. The number of methoxy groups -OCH3 is 1. The van der Waals surface area contributed by atoms with Gasteiger partial charge >= 0.3 is 0 Å². The Morgan fingerprint density at radius 1 is 0.783 bits per heavy atom. The summed E-state index contributed by atoms with van der Waals surface area (Å²) in [5, 5.41) is 4.72. The normalized spacial score (nSPS) is 13.8. The van der Waals surface area contributed by atoms with E-state index in [1.165, 1.54) is 5.01 Å². The van der Waals surface area contributed by atoms with Gasteiger partial charge < -0.3 is 19.5 Å². The third kappa shape index (κ3) is 7.03. The average Bonchev–Trinajstić information content (AvgIpc) is 3.08. The zero-order chi connectivity index (χ0) is 32.0. The molecule has 0 bridgehead atoms. The van der Waals surface area contributed by atoms with E-state index < -0.39 is 18.0 Å². The van der Waals surface area contributed by atoms with Crippen molar-refractivity contribution in [2.45, 2.75) is 19.4 Å². The van der Waals surface area contributed by atoms with Gasteiger partial charge in [0.2, 0.25) is 0 Å². The summed E-state index contributed by atoms with van der Waals surface area (Å²) in [5.41, 5.74) is 6.64.